The molecule has 3 rings (SSSR count). The largest absolute Gasteiger partial charge is 0.497 e. The van der Waals surface area contributed by atoms with Crippen molar-refractivity contribution in [3.63, 3.8) is 0 Å². The van der Waals surface area contributed by atoms with E-state index in [1.54, 1.807) is 13.2 Å². The summed E-state index contributed by atoms with van der Waals surface area (Å²) in [4.78, 5) is 16.1. The Balaban J connectivity index is 2.00. The zero-order valence-corrected chi connectivity index (χ0v) is 12.6. The van der Waals surface area contributed by atoms with Crippen LogP contribution >= 0.6 is 0 Å². The second-order valence-corrected chi connectivity index (χ2v) is 5.73. The van der Waals surface area contributed by atoms with Crippen LogP contribution in [0.25, 0.3) is 10.9 Å². The monoisotopic (exact) mass is 300 g/mol. The predicted octanol–water partition coefficient (Wildman–Crippen LogP) is 3.69. The van der Waals surface area contributed by atoms with Crippen LogP contribution in [-0.4, -0.2) is 29.2 Å². The summed E-state index contributed by atoms with van der Waals surface area (Å²) in [6.45, 7) is 0. The summed E-state index contributed by atoms with van der Waals surface area (Å²) in [5.41, 5.74) is 0.964. The molecule has 0 saturated heterocycles. The third kappa shape index (κ3) is 2.98. The van der Waals surface area contributed by atoms with Crippen LogP contribution in [0.2, 0.25) is 0 Å². The van der Waals surface area contributed by atoms with E-state index in [0.29, 0.717) is 17.6 Å². The molecule has 0 bridgehead atoms. The molecule has 0 spiro atoms. The molecule has 1 aromatic carbocycles. The standard InChI is InChI=1S/C17H20N2O3/c1-22-13-8-7-11-9-14(17(20)21)16(19-15(11)10-13)18-12-5-3-2-4-6-12/h7-10,12H,2-6H2,1H3,(H,18,19)(H,20,21). The van der Waals surface area contributed by atoms with Gasteiger partial charge in [-0.3, -0.25) is 0 Å². The molecule has 1 saturated carbocycles. The molecule has 2 N–H and O–H groups in total. The van der Waals surface area contributed by atoms with Crippen molar-refractivity contribution in [2.24, 2.45) is 0 Å². The van der Waals surface area contributed by atoms with Crippen molar-refractivity contribution in [2.45, 2.75) is 38.1 Å². The van der Waals surface area contributed by atoms with Gasteiger partial charge >= 0.3 is 5.97 Å². The number of benzene rings is 1. The van der Waals surface area contributed by atoms with Crippen molar-refractivity contribution in [3.8, 4) is 5.75 Å². The van der Waals surface area contributed by atoms with E-state index in [9.17, 15) is 9.90 Å². The van der Waals surface area contributed by atoms with Gasteiger partial charge in [0.1, 0.15) is 17.1 Å². The van der Waals surface area contributed by atoms with E-state index >= 15 is 0 Å². The summed E-state index contributed by atoms with van der Waals surface area (Å²) in [6.07, 6.45) is 5.75. The fraction of sp³-hybridized carbons (Fsp3) is 0.412. The van der Waals surface area contributed by atoms with Crippen LogP contribution in [0.1, 0.15) is 42.5 Å². The average Bonchev–Trinajstić information content (AvgIpc) is 2.54. The Morgan fingerprint density at radius 1 is 1.27 bits per heavy atom. The van der Waals surface area contributed by atoms with Gasteiger partial charge in [0.15, 0.2) is 0 Å². The van der Waals surface area contributed by atoms with Gasteiger partial charge in [0, 0.05) is 17.5 Å². The molecule has 116 valence electrons. The zero-order chi connectivity index (χ0) is 15.5. The Morgan fingerprint density at radius 3 is 2.73 bits per heavy atom. The molecule has 1 heterocycles. The lowest BCUT2D eigenvalue weighted by molar-refractivity contribution is 0.0697. The van der Waals surface area contributed by atoms with Gasteiger partial charge in [0.05, 0.1) is 12.6 Å². The normalized spacial score (nSPS) is 15.7. The molecule has 1 aromatic heterocycles. The van der Waals surface area contributed by atoms with E-state index in [2.05, 4.69) is 10.3 Å². The minimum atomic E-state index is -0.955. The number of aromatic carboxylic acids is 1. The number of hydrogen-bond donors (Lipinski definition) is 2. The third-order valence-corrected chi connectivity index (χ3v) is 4.20. The molecular formula is C17H20N2O3. The third-order valence-electron chi connectivity index (χ3n) is 4.20. The number of anilines is 1. The smallest absolute Gasteiger partial charge is 0.339 e. The van der Waals surface area contributed by atoms with Crippen molar-refractivity contribution in [3.05, 3.63) is 29.8 Å². The Bertz CT molecular complexity index is 694. The van der Waals surface area contributed by atoms with Gasteiger partial charge in [0.2, 0.25) is 0 Å². The van der Waals surface area contributed by atoms with Crippen LogP contribution in [0.4, 0.5) is 5.82 Å². The number of nitrogens with zero attached hydrogens (tertiary/aromatic N) is 1. The van der Waals surface area contributed by atoms with Crippen molar-refractivity contribution < 1.29 is 14.6 Å². The number of pyridine rings is 1. The first kappa shape index (κ1) is 14.6. The summed E-state index contributed by atoms with van der Waals surface area (Å²) in [6, 6.07) is 7.45. The quantitative estimate of drug-likeness (QED) is 0.901. The number of rotatable bonds is 4. The van der Waals surface area contributed by atoms with E-state index in [4.69, 9.17) is 4.74 Å². The number of aromatic nitrogens is 1. The second kappa shape index (κ2) is 6.22. The van der Waals surface area contributed by atoms with Gasteiger partial charge in [-0.15, -0.1) is 0 Å². The molecular weight excluding hydrogens is 280 g/mol. The molecule has 5 nitrogen and oxygen atoms in total. The summed E-state index contributed by atoms with van der Waals surface area (Å²) >= 11 is 0. The molecule has 1 fully saturated rings. The number of methoxy groups -OCH3 is 1. The molecule has 1 aliphatic rings. The first-order chi connectivity index (χ1) is 10.7. The highest BCUT2D eigenvalue weighted by molar-refractivity contribution is 5.98. The number of carbonyl (C=O) groups is 1. The molecule has 0 radical (unpaired) electrons. The van der Waals surface area contributed by atoms with Crippen molar-refractivity contribution in [2.75, 3.05) is 12.4 Å². The van der Waals surface area contributed by atoms with Gasteiger partial charge in [-0.1, -0.05) is 19.3 Å². The van der Waals surface area contributed by atoms with Crippen LogP contribution in [0.15, 0.2) is 24.3 Å². The topological polar surface area (TPSA) is 71.5 Å². The fourth-order valence-electron chi connectivity index (χ4n) is 2.99. The predicted molar refractivity (Wildman–Crippen MR) is 85.8 cm³/mol. The number of carboxylic acid groups (broad SMARTS) is 1. The molecule has 5 heteroatoms. The van der Waals surface area contributed by atoms with Gasteiger partial charge in [-0.25, -0.2) is 9.78 Å². The highest BCUT2D eigenvalue weighted by Gasteiger charge is 2.19. The summed E-state index contributed by atoms with van der Waals surface area (Å²) < 4.78 is 5.21. The van der Waals surface area contributed by atoms with E-state index in [-0.39, 0.29) is 5.56 Å². The van der Waals surface area contributed by atoms with Crippen molar-refractivity contribution in [1.82, 2.24) is 4.98 Å². The molecule has 0 aliphatic heterocycles. The van der Waals surface area contributed by atoms with Crippen LogP contribution in [-0.2, 0) is 0 Å². The molecule has 0 amide bonds. The van der Waals surface area contributed by atoms with E-state index in [1.165, 1.54) is 19.3 Å². The number of nitrogens with one attached hydrogen (secondary N) is 1. The number of carboxylic acids is 1. The van der Waals surface area contributed by atoms with Crippen LogP contribution in [0, 0.1) is 0 Å². The van der Waals surface area contributed by atoms with Crippen LogP contribution in [0.3, 0.4) is 0 Å². The molecule has 1 aliphatic carbocycles. The summed E-state index contributed by atoms with van der Waals surface area (Å²) in [5.74, 6) is 0.218. The van der Waals surface area contributed by atoms with Crippen LogP contribution < -0.4 is 10.1 Å². The highest BCUT2D eigenvalue weighted by atomic mass is 16.5. The highest BCUT2D eigenvalue weighted by Crippen LogP contribution is 2.27. The fourth-order valence-corrected chi connectivity index (χ4v) is 2.99. The lowest BCUT2D eigenvalue weighted by Crippen LogP contribution is -2.24. The Hall–Kier alpha value is -2.30. The number of ether oxygens (including phenoxy) is 1. The maximum absolute atomic E-state index is 11.5. The minimum absolute atomic E-state index is 0.225. The maximum Gasteiger partial charge on any atom is 0.339 e. The average molecular weight is 300 g/mol. The Morgan fingerprint density at radius 2 is 2.05 bits per heavy atom. The van der Waals surface area contributed by atoms with Gasteiger partial charge in [-0.05, 0) is 31.0 Å². The zero-order valence-electron chi connectivity index (χ0n) is 12.6. The van der Waals surface area contributed by atoms with Crippen molar-refractivity contribution >= 4 is 22.7 Å². The molecule has 2 aromatic rings. The van der Waals surface area contributed by atoms with Gasteiger partial charge < -0.3 is 15.2 Å². The summed E-state index contributed by atoms with van der Waals surface area (Å²) in [5, 5.41) is 13.6. The molecule has 0 unspecified atom stereocenters. The molecule has 0 atom stereocenters. The van der Waals surface area contributed by atoms with E-state index in [1.807, 2.05) is 18.2 Å². The van der Waals surface area contributed by atoms with Crippen LogP contribution in [0.5, 0.6) is 5.75 Å². The van der Waals surface area contributed by atoms with Crippen molar-refractivity contribution in [1.29, 1.82) is 0 Å². The first-order valence-electron chi connectivity index (χ1n) is 7.66. The maximum atomic E-state index is 11.5. The van der Waals surface area contributed by atoms with E-state index < -0.39 is 5.97 Å². The van der Waals surface area contributed by atoms with E-state index in [0.717, 1.165) is 23.7 Å². The summed E-state index contributed by atoms with van der Waals surface area (Å²) in [7, 11) is 1.61. The first-order valence-corrected chi connectivity index (χ1v) is 7.66. The Kier molecular flexibility index (Phi) is 4.13. The number of hydrogen-bond acceptors (Lipinski definition) is 4. The van der Waals surface area contributed by atoms with Gasteiger partial charge in [-0.2, -0.15) is 0 Å². The lowest BCUT2D eigenvalue weighted by atomic mass is 9.95. The second-order valence-electron chi connectivity index (χ2n) is 5.73. The lowest BCUT2D eigenvalue weighted by Gasteiger charge is -2.24. The van der Waals surface area contributed by atoms with Gasteiger partial charge in [0.25, 0.3) is 0 Å². The Labute approximate surface area is 129 Å². The number of fused-ring (bicyclic) bond motifs is 1. The molecule has 22 heavy (non-hydrogen) atoms. The minimum Gasteiger partial charge on any atom is -0.497 e. The SMILES string of the molecule is COc1ccc2cc(C(=O)O)c(NC3CCCCC3)nc2c1.